The van der Waals surface area contributed by atoms with Crippen molar-refractivity contribution in [3.05, 3.63) is 23.4 Å². The molecule has 2 rings (SSSR count). The summed E-state index contributed by atoms with van der Waals surface area (Å²) in [6, 6.07) is 4.21. The van der Waals surface area contributed by atoms with Crippen molar-refractivity contribution >= 4 is 15.8 Å². The molecule has 6 nitrogen and oxygen atoms in total. The first-order chi connectivity index (χ1) is 9.94. The van der Waals surface area contributed by atoms with Crippen molar-refractivity contribution in [3.8, 4) is 0 Å². The van der Waals surface area contributed by atoms with E-state index in [1.807, 2.05) is 7.05 Å². The SMILES string of the molecule is CCc1cc(CNC)cc(N2CCN(S(C)(=O)=O)CC2)n1. The van der Waals surface area contributed by atoms with E-state index in [4.69, 9.17) is 0 Å². The Hall–Kier alpha value is -1.18. The third-order valence-corrected chi connectivity index (χ3v) is 5.00. The molecule has 0 aromatic carbocycles. The van der Waals surface area contributed by atoms with Gasteiger partial charge in [-0.15, -0.1) is 0 Å². The van der Waals surface area contributed by atoms with E-state index >= 15 is 0 Å². The van der Waals surface area contributed by atoms with Gasteiger partial charge in [-0.1, -0.05) is 6.92 Å². The van der Waals surface area contributed by atoms with Gasteiger partial charge in [-0.3, -0.25) is 0 Å². The molecule has 1 N–H and O–H groups in total. The highest BCUT2D eigenvalue weighted by Gasteiger charge is 2.24. The van der Waals surface area contributed by atoms with Gasteiger partial charge in [0.1, 0.15) is 5.82 Å². The first-order valence-electron chi connectivity index (χ1n) is 7.28. The summed E-state index contributed by atoms with van der Waals surface area (Å²) in [4.78, 5) is 6.84. The second-order valence-corrected chi connectivity index (χ2v) is 7.34. The van der Waals surface area contributed by atoms with Crippen LogP contribution in [0.2, 0.25) is 0 Å². The number of piperazine rings is 1. The van der Waals surface area contributed by atoms with Gasteiger partial charge in [0.15, 0.2) is 0 Å². The van der Waals surface area contributed by atoms with E-state index in [1.54, 1.807) is 0 Å². The van der Waals surface area contributed by atoms with Crippen LogP contribution in [-0.4, -0.2) is 57.2 Å². The van der Waals surface area contributed by atoms with E-state index in [9.17, 15) is 8.42 Å². The summed E-state index contributed by atoms with van der Waals surface area (Å²) in [6.45, 7) is 5.33. The van der Waals surface area contributed by atoms with Gasteiger partial charge in [0, 0.05) is 38.4 Å². The zero-order chi connectivity index (χ0) is 15.5. The lowest BCUT2D eigenvalue weighted by molar-refractivity contribution is 0.387. The van der Waals surface area contributed by atoms with Crippen LogP contribution in [0.5, 0.6) is 0 Å². The lowest BCUT2D eigenvalue weighted by atomic mass is 10.2. The maximum atomic E-state index is 11.6. The normalized spacial score (nSPS) is 17.2. The van der Waals surface area contributed by atoms with Crippen LogP contribution in [0.1, 0.15) is 18.2 Å². The Morgan fingerprint density at radius 2 is 1.90 bits per heavy atom. The van der Waals surface area contributed by atoms with Gasteiger partial charge in [-0.05, 0) is 31.2 Å². The molecule has 0 amide bonds. The van der Waals surface area contributed by atoms with E-state index in [-0.39, 0.29) is 0 Å². The summed E-state index contributed by atoms with van der Waals surface area (Å²) in [7, 11) is -1.16. The topological polar surface area (TPSA) is 65.5 Å². The van der Waals surface area contributed by atoms with Crippen molar-refractivity contribution in [2.75, 3.05) is 44.4 Å². The maximum absolute atomic E-state index is 11.6. The van der Waals surface area contributed by atoms with Crippen molar-refractivity contribution in [2.24, 2.45) is 0 Å². The number of anilines is 1. The quantitative estimate of drug-likeness (QED) is 0.855. The molecule has 7 heteroatoms. The first-order valence-corrected chi connectivity index (χ1v) is 9.13. The number of aryl methyl sites for hydroxylation is 1. The predicted molar refractivity (Wildman–Crippen MR) is 85.0 cm³/mol. The third kappa shape index (κ3) is 4.15. The maximum Gasteiger partial charge on any atom is 0.211 e. The molecule has 21 heavy (non-hydrogen) atoms. The molecule has 0 spiro atoms. The average Bonchev–Trinajstić information content (AvgIpc) is 2.46. The lowest BCUT2D eigenvalue weighted by Gasteiger charge is -2.34. The lowest BCUT2D eigenvalue weighted by Crippen LogP contribution is -2.48. The second kappa shape index (κ2) is 6.72. The standard InChI is InChI=1S/C14H24N4O2S/c1-4-13-9-12(11-15-2)10-14(16-13)17-5-7-18(8-6-17)21(3,19)20/h9-10,15H,4-8,11H2,1-3H3. The molecule has 1 fully saturated rings. The minimum absolute atomic E-state index is 0.526. The fourth-order valence-corrected chi connectivity index (χ4v) is 3.36. The zero-order valence-electron chi connectivity index (χ0n) is 13.0. The molecule has 1 aliphatic rings. The monoisotopic (exact) mass is 312 g/mol. The number of aromatic nitrogens is 1. The summed E-state index contributed by atoms with van der Waals surface area (Å²) in [5.41, 5.74) is 2.29. The highest BCUT2D eigenvalue weighted by molar-refractivity contribution is 7.88. The molecule has 0 unspecified atom stereocenters. The Labute approximate surface area is 127 Å². The molecule has 0 radical (unpaired) electrons. The fraction of sp³-hybridized carbons (Fsp3) is 0.643. The highest BCUT2D eigenvalue weighted by Crippen LogP contribution is 2.18. The van der Waals surface area contributed by atoms with Gasteiger partial charge >= 0.3 is 0 Å². The van der Waals surface area contributed by atoms with Crippen LogP contribution in [0.25, 0.3) is 0 Å². The summed E-state index contributed by atoms with van der Waals surface area (Å²) in [5.74, 6) is 0.952. The molecule has 2 heterocycles. The van der Waals surface area contributed by atoms with Crippen LogP contribution in [0.4, 0.5) is 5.82 Å². The smallest absolute Gasteiger partial charge is 0.211 e. The Morgan fingerprint density at radius 3 is 2.43 bits per heavy atom. The van der Waals surface area contributed by atoms with Crippen molar-refractivity contribution in [3.63, 3.8) is 0 Å². The minimum atomic E-state index is -3.08. The van der Waals surface area contributed by atoms with Gasteiger partial charge in [0.2, 0.25) is 10.0 Å². The number of rotatable bonds is 5. The van der Waals surface area contributed by atoms with E-state index in [1.165, 1.54) is 16.1 Å². The number of nitrogens with one attached hydrogen (secondary N) is 1. The van der Waals surface area contributed by atoms with Crippen LogP contribution < -0.4 is 10.2 Å². The van der Waals surface area contributed by atoms with E-state index < -0.39 is 10.0 Å². The molecular weight excluding hydrogens is 288 g/mol. The number of pyridine rings is 1. The van der Waals surface area contributed by atoms with Crippen molar-refractivity contribution in [2.45, 2.75) is 19.9 Å². The van der Waals surface area contributed by atoms with Crippen LogP contribution in [-0.2, 0) is 23.0 Å². The Balaban J connectivity index is 2.14. The molecular formula is C14H24N4O2S. The van der Waals surface area contributed by atoms with Crippen molar-refractivity contribution < 1.29 is 8.42 Å². The summed E-state index contributed by atoms with van der Waals surface area (Å²) in [5, 5.41) is 3.16. The van der Waals surface area contributed by atoms with Crippen molar-refractivity contribution in [1.29, 1.82) is 0 Å². The van der Waals surface area contributed by atoms with Crippen LogP contribution in [0.15, 0.2) is 12.1 Å². The summed E-state index contributed by atoms with van der Waals surface area (Å²) in [6.07, 6.45) is 2.16. The average molecular weight is 312 g/mol. The van der Waals surface area contributed by atoms with E-state index in [0.29, 0.717) is 26.2 Å². The van der Waals surface area contributed by atoms with Crippen LogP contribution in [0, 0.1) is 0 Å². The molecule has 0 bridgehead atoms. The zero-order valence-corrected chi connectivity index (χ0v) is 13.8. The summed E-state index contributed by atoms with van der Waals surface area (Å²) >= 11 is 0. The Kier molecular flexibility index (Phi) is 5.18. The second-order valence-electron chi connectivity index (χ2n) is 5.36. The number of nitrogens with zero attached hydrogens (tertiary/aromatic N) is 3. The number of hydrogen-bond donors (Lipinski definition) is 1. The first kappa shape index (κ1) is 16.2. The molecule has 0 saturated carbocycles. The van der Waals surface area contributed by atoms with Gasteiger partial charge in [-0.2, -0.15) is 4.31 Å². The van der Waals surface area contributed by atoms with Crippen LogP contribution >= 0.6 is 0 Å². The molecule has 0 atom stereocenters. The minimum Gasteiger partial charge on any atom is -0.354 e. The van der Waals surface area contributed by atoms with Gasteiger partial charge in [0.25, 0.3) is 0 Å². The summed E-state index contributed by atoms with van der Waals surface area (Å²) < 4.78 is 24.6. The largest absolute Gasteiger partial charge is 0.354 e. The molecule has 1 saturated heterocycles. The number of sulfonamides is 1. The molecule has 0 aliphatic carbocycles. The Bertz CT molecular complexity index is 581. The Morgan fingerprint density at radius 1 is 1.24 bits per heavy atom. The van der Waals surface area contributed by atoms with Crippen LogP contribution in [0.3, 0.4) is 0 Å². The third-order valence-electron chi connectivity index (χ3n) is 3.70. The van der Waals surface area contributed by atoms with Gasteiger partial charge in [0.05, 0.1) is 6.26 Å². The predicted octanol–water partition coefficient (Wildman–Crippen LogP) is 0.445. The molecule has 118 valence electrons. The van der Waals surface area contributed by atoms with E-state index in [2.05, 4.69) is 34.3 Å². The van der Waals surface area contributed by atoms with Gasteiger partial charge < -0.3 is 10.2 Å². The fourth-order valence-electron chi connectivity index (χ4n) is 2.53. The number of hydrogen-bond acceptors (Lipinski definition) is 5. The molecule has 1 aliphatic heterocycles. The molecule has 1 aromatic rings. The molecule has 1 aromatic heterocycles. The van der Waals surface area contributed by atoms with Gasteiger partial charge in [-0.25, -0.2) is 13.4 Å². The van der Waals surface area contributed by atoms with Crippen molar-refractivity contribution in [1.82, 2.24) is 14.6 Å². The van der Waals surface area contributed by atoms with E-state index in [0.717, 1.165) is 24.5 Å². The highest BCUT2D eigenvalue weighted by atomic mass is 32.2.